The molecule has 2 rings (SSSR count). The number of aliphatic hydroxyl groups is 1. The van der Waals surface area contributed by atoms with Crippen molar-refractivity contribution in [2.24, 2.45) is 5.41 Å². The lowest BCUT2D eigenvalue weighted by Gasteiger charge is -2.32. The maximum atomic E-state index is 12.5. The van der Waals surface area contributed by atoms with E-state index < -0.39 is 34.7 Å². The molecule has 0 fully saturated rings. The first kappa shape index (κ1) is 12.1. The van der Waals surface area contributed by atoms with Crippen molar-refractivity contribution in [2.75, 3.05) is 0 Å². The van der Waals surface area contributed by atoms with Gasteiger partial charge >= 0.3 is 6.18 Å². The molecule has 1 aliphatic rings. The van der Waals surface area contributed by atoms with Crippen LogP contribution in [0.1, 0.15) is 35.7 Å². The van der Waals surface area contributed by atoms with Crippen LogP contribution in [-0.2, 0) is 12.6 Å². The monoisotopic (exact) mass is 249 g/mol. The summed E-state index contributed by atoms with van der Waals surface area (Å²) < 4.78 is 42.2. The summed E-state index contributed by atoms with van der Waals surface area (Å²) in [6.45, 7) is 3.16. The van der Waals surface area contributed by atoms with Crippen LogP contribution in [-0.4, -0.2) is 22.2 Å². The Hall–Kier alpha value is -1.37. The molecule has 1 heterocycles. The Balaban J connectivity index is 2.58. The van der Waals surface area contributed by atoms with Crippen molar-refractivity contribution in [3.05, 3.63) is 17.0 Å². The molecule has 0 aromatic carbocycles. The van der Waals surface area contributed by atoms with Gasteiger partial charge in [-0.15, -0.1) is 0 Å². The van der Waals surface area contributed by atoms with Crippen LogP contribution in [0.25, 0.3) is 0 Å². The number of carbonyl (C=O) groups is 1. The highest BCUT2D eigenvalue weighted by atomic mass is 19.4. The molecular formula is C10H10F3NO3. The minimum absolute atomic E-state index is 0.0400. The van der Waals surface area contributed by atoms with Crippen molar-refractivity contribution in [3.63, 3.8) is 0 Å². The van der Waals surface area contributed by atoms with Gasteiger partial charge in [0.05, 0.1) is 5.56 Å². The molecule has 1 aromatic heterocycles. The van der Waals surface area contributed by atoms with Crippen LogP contribution in [0.15, 0.2) is 4.52 Å². The van der Waals surface area contributed by atoms with E-state index in [1.807, 2.05) is 0 Å². The van der Waals surface area contributed by atoms with Crippen LogP contribution < -0.4 is 0 Å². The molecule has 0 bridgehead atoms. The van der Waals surface area contributed by atoms with Gasteiger partial charge in [0.1, 0.15) is 11.9 Å². The maximum absolute atomic E-state index is 12.5. The van der Waals surface area contributed by atoms with E-state index in [0.717, 1.165) is 0 Å². The van der Waals surface area contributed by atoms with Crippen LogP contribution in [0.5, 0.6) is 0 Å². The van der Waals surface area contributed by atoms with Crippen molar-refractivity contribution < 1.29 is 27.6 Å². The number of aliphatic hydroxyl groups excluding tert-OH is 1. The third-order valence-electron chi connectivity index (χ3n) is 2.88. The third-order valence-corrected chi connectivity index (χ3v) is 2.88. The summed E-state index contributed by atoms with van der Waals surface area (Å²) in [7, 11) is 0. The summed E-state index contributed by atoms with van der Waals surface area (Å²) in [5, 5.41) is 12.6. The van der Waals surface area contributed by atoms with Gasteiger partial charge in [-0.05, 0) is 0 Å². The van der Waals surface area contributed by atoms with Gasteiger partial charge in [0, 0.05) is 11.8 Å². The Morgan fingerprint density at radius 3 is 2.59 bits per heavy atom. The largest absolute Gasteiger partial charge is 0.437 e. The number of nitrogens with zero attached hydrogens (tertiary/aromatic N) is 1. The minimum atomic E-state index is -4.76. The quantitative estimate of drug-likeness (QED) is 0.761. The molecule has 0 spiro atoms. The standard InChI is InChI=1S/C10H10F3NO3/c1-9(2)3-4-5(6(15)8(9)16)7(14-17-4)10(11,12)13/h8,16H,3H2,1-2H3. The molecule has 0 radical (unpaired) electrons. The average molecular weight is 249 g/mol. The number of hydrogen-bond donors (Lipinski definition) is 1. The molecule has 1 atom stereocenters. The number of hydrogen-bond acceptors (Lipinski definition) is 4. The molecule has 0 saturated carbocycles. The van der Waals surface area contributed by atoms with Crippen LogP contribution in [0.4, 0.5) is 13.2 Å². The van der Waals surface area contributed by atoms with Crippen molar-refractivity contribution >= 4 is 5.78 Å². The molecule has 1 aliphatic carbocycles. The van der Waals surface area contributed by atoms with Crippen molar-refractivity contribution in [3.8, 4) is 0 Å². The second kappa shape index (κ2) is 3.32. The topological polar surface area (TPSA) is 63.3 Å². The van der Waals surface area contributed by atoms with Crippen LogP contribution in [0, 0.1) is 5.41 Å². The van der Waals surface area contributed by atoms with E-state index in [0.29, 0.717) is 0 Å². The van der Waals surface area contributed by atoms with Gasteiger partial charge in [-0.25, -0.2) is 0 Å². The number of halogens is 3. The SMILES string of the molecule is CC1(C)Cc2onc(C(F)(F)F)c2C(=O)C1O. The second-order valence-corrected chi connectivity index (χ2v) is 4.76. The fraction of sp³-hybridized carbons (Fsp3) is 0.600. The Labute approximate surface area is 94.4 Å². The fourth-order valence-electron chi connectivity index (χ4n) is 1.89. The van der Waals surface area contributed by atoms with Gasteiger partial charge in [0.15, 0.2) is 11.5 Å². The molecule has 1 N–H and O–H groups in total. The van der Waals surface area contributed by atoms with Gasteiger partial charge < -0.3 is 9.63 Å². The highest BCUT2D eigenvalue weighted by Gasteiger charge is 2.49. The van der Waals surface area contributed by atoms with E-state index in [2.05, 4.69) is 9.68 Å². The summed E-state index contributed by atoms with van der Waals surface area (Å²) in [6.07, 6.45) is -6.19. The van der Waals surface area contributed by atoms with E-state index in [4.69, 9.17) is 0 Å². The van der Waals surface area contributed by atoms with Crippen molar-refractivity contribution in [2.45, 2.75) is 32.5 Å². The van der Waals surface area contributed by atoms with Crippen LogP contribution in [0.3, 0.4) is 0 Å². The molecule has 0 saturated heterocycles. The molecule has 94 valence electrons. The van der Waals surface area contributed by atoms with Gasteiger partial charge in [-0.2, -0.15) is 13.2 Å². The molecule has 0 amide bonds. The summed E-state index contributed by atoms with van der Waals surface area (Å²) in [5.41, 5.74) is -2.84. The number of Topliss-reactive ketones (excluding diaryl/α,β-unsaturated/α-hetero) is 1. The van der Waals surface area contributed by atoms with E-state index in [-0.39, 0.29) is 12.2 Å². The summed E-state index contributed by atoms with van der Waals surface area (Å²) in [5.74, 6) is -1.09. The first-order valence-electron chi connectivity index (χ1n) is 4.92. The first-order valence-corrected chi connectivity index (χ1v) is 4.92. The molecule has 1 aromatic rings. The number of aromatic nitrogens is 1. The predicted molar refractivity (Wildman–Crippen MR) is 49.3 cm³/mol. The van der Waals surface area contributed by atoms with Gasteiger partial charge in [0.25, 0.3) is 0 Å². The van der Waals surface area contributed by atoms with E-state index in [1.165, 1.54) is 0 Å². The highest BCUT2D eigenvalue weighted by Crippen LogP contribution is 2.40. The van der Waals surface area contributed by atoms with Crippen LogP contribution >= 0.6 is 0 Å². The number of ketones is 1. The van der Waals surface area contributed by atoms with Gasteiger partial charge in [-0.1, -0.05) is 19.0 Å². The molecule has 17 heavy (non-hydrogen) atoms. The molecule has 1 unspecified atom stereocenters. The number of rotatable bonds is 0. The molecular weight excluding hydrogens is 239 g/mol. The Morgan fingerprint density at radius 1 is 1.47 bits per heavy atom. The lowest BCUT2D eigenvalue weighted by atomic mass is 9.73. The fourth-order valence-corrected chi connectivity index (χ4v) is 1.89. The van der Waals surface area contributed by atoms with Gasteiger partial charge in [0.2, 0.25) is 0 Å². The smallest absolute Gasteiger partial charge is 0.384 e. The Kier molecular flexibility index (Phi) is 2.36. The molecule has 7 heteroatoms. The number of fused-ring (bicyclic) bond motifs is 1. The lowest BCUT2D eigenvalue weighted by molar-refractivity contribution is -0.143. The van der Waals surface area contributed by atoms with E-state index >= 15 is 0 Å². The third kappa shape index (κ3) is 1.74. The molecule has 4 nitrogen and oxygen atoms in total. The van der Waals surface area contributed by atoms with Crippen molar-refractivity contribution in [1.82, 2.24) is 5.16 Å². The molecule has 0 aliphatic heterocycles. The lowest BCUT2D eigenvalue weighted by Crippen LogP contribution is -2.42. The predicted octanol–water partition coefficient (Wildman–Crippen LogP) is 1.82. The average Bonchev–Trinajstić information content (AvgIpc) is 2.56. The second-order valence-electron chi connectivity index (χ2n) is 4.76. The Bertz CT molecular complexity index is 476. The normalized spacial score (nSPS) is 23.6. The van der Waals surface area contributed by atoms with E-state index in [1.54, 1.807) is 13.8 Å². The zero-order chi connectivity index (χ0) is 13.0. The first-order chi connectivity index (χ1) is 7.64. The van der Waals surface area contributed by atoms with E-state index in [9.17, 15) is 23.1 Å². The zero-order valence-electron chi connectivity index (χ0n) is 9.13. The maximum Gasteiger partial charge on any atom is 0.437 e. The van der Waals surface area contributed by atoms with Crippen LogP contribution in [0.2, 0.25) is 0 Å². The summed E-state index contributed by atoms with van der Waals surface area (Å²) in [4.78, 5) is 11.7. The highest BCUT2D eigenvalue weighted by molar-refractivity contribution is 6.02. The zero-order valence-corrected chi connectivity index (χ0v) is 9.13. The number of alkyl halides is 3. The summed E-state index contributed by atoms with van der Waals surface area (Å²) in [6, 6.07) is 0. The summed E-state index contributed by atoms with van der Waals surface area (Å²) >= 11 is 0. The minimum Gasteiger partial charge on any atom is -0.384 e. The van der Waals surface area contributed by atoms with Crippen molar-refractivity contribution in [1.29, 1.82) is 0 Å². The van der Waals surface area contributed by atoms with Gasteiger partial charge in [-0.3, -0.25) is 4.79 Å². The number of carbonyl (C=O) groups excluding carboxylic acids is 1. The Morgan fingerprint density at radius 2 is 2.06 bits per heavy atom.